The van der Waals surface area contributed by atoms with Crippen LogP contribution in [0, 0.1) is 5.41 Å². The summed E-state index contributed by atoms with van der Waals surface area (Å²) in [6.45, 7) is 18.5. The minimum atomic E-state index is 0. The fraction of sp³-hybridized carbons (Fsp3) is 1.00. The van der Waals surface area contributed by atoms with Crippen LogP contribution < -0.4 is 0 Å². The van der Waals surface area contributed by atoms with Crippen LogP contribution >= 0.6 is 0 Å². The summed E-state index contributed by atoms with van der Waals surface area (Å²) in [7, 11) is 4.50. The van der Waals surface area contributed by atoms with Gasteiger partial charge in [-0.25, -0.2) is 0 Å². The summed E-state index contributed by atoms with van der Waals surface area (Å²) >= 11 is 0. The van der Waals surface area contributed by atoms with Crippen LogP contribution in [0.4, 0.5) is 0 Å². The molecule has 0 atom stereocenters. The molecule has 0 aromatic heterocycles. The molecule has 0 aromatic carbocycles. The standard InChI is InChI=1S/C5H12.C3H8.C2H6.CH3B.CH4/c1-5(2,3)4;1-3-2;2*1-2;/h1-4H3;3H2,1-2H3;1-2H3;1H3;1H4. The lowest BCUT2D eigenvalue weighted by Gasteiger charge is -2.05. The van der Waals surface area contributed by atoms with Crippen molar-refractivity contribution in [2.24, 2.45) is 5.41 Å². The zero-order chi connectivity index (χ0) is 11.2. The summed E-state index contributed by atoms with van der Waals surface area (Å²) in [5, 5.41) is 0. The van der Waals surface area contributed by atoms with Crippen LogP contribution in [0.15, 0.2) is 0 Å². The molecule has 0 N–H and O–H groups in total. The van der Waals surface area contributed by atoms with Gasteiger partial charge in [-0.1, -0.05) is 76.1 Å². The van der Waals surface area contributed by atoms with E-state index in [0.717, 1.165) is 0 Å². The van der Waals surface area contributed by atoms with Gasteiger partial charge in [-0.2, -0.15) is 0 Å². The van der Waals surface area contributed by atoms with Gasteiger partial charge in [0.25, 0.3) is 0 Å². The molecule has 0 spiro atoms. The Labute approximate surface area is 89.9 Å². The quantitative estimate of drug-likeness (QED) is 0.450. The van der Waals surface area contributed by atoms with E-state index in [2.05, 4.69) is 49.4 Å². The van der Waals surface area contributed by atoms with Gasteiger partial charge in [-0.3, -0.25) is 0 Å². The highest BCUT2D eigenvalue weighted by molar-refractivity contribution is 6.05. The van der Waals surface area contributed by atoms with Crippen molar-refractivity contribution in [2.45, 2.75) is 76.1 Å². The Balaban J connectivity index is -0.0000000235. The van der Waals surface area contributed by atoms with Crippen LogP contribution in [0.25, 0.3) is 0 Å². The summed E-state index contributed by atoms with van der Waals surface area (Å²) in [5.41, 5.74) is 0.500. The molecule has 0 aromatic rings. The van der Waals surface area contributed by atoms with E-state index in [-0.39, 0.29) is 7.43 Å². The van der Waals surface area contributed by atoms with Gasteiger partial charge in [0.15, 0.2) is 0 Å². The van der Waals surface area contributed by atoms with Crippen LogP contribution in [0.3, 0.4) is 0 Å². The highest BCUT2D eigenvalue weighted by atomic mass is 14.0. The van der Waals surface area contributed by atoms with E-state index < -0.39 is 0 Å². The molecule has 2 radical (unpaired) electrons. The average molecular weight is 188 g/mol. The molecule has 1 heteroatoms. The minimum absolute atomic E-state index is 0. The summed E-state index contributed by atoms with van der Waals surface area (Å²) in [6.07, 6.45) is 1.25. The molecule has 0 amide bonds. The van der Waals surface area contributed by atoms with E-state index in [4.69, 9.17) is 0 Å². The highest BCUT2D eigenvalue weighted by Gasteiger charge is 1.95. The fourth-order valence-electron chi connectivity index (χ4n) is 0. The van der Waals surface area contributed by atoms with E-state index in [1.807, 2.05) is 13.8 Å². The van der Waals surface area contributed by atoms with Crippen molar-refractivity contribution in [2.75, 3.05) is 0 Å². The van der Waals surface area contributed by atoms with Crippen LogP contribution in [-0.2, 0) is 0 Å². The average Bonchev–Trinajstić information content (AvgIpc) is 1.93. The Morgan fingerprint density at radius 2 is 0.846 bits per heavy atom. The lowest BCUT2D eigenvalue weighted by atomic mass is 10.0. The zero-order valence-corrected chi connectivity index (χ0v) is 10.8. The van der Waals surface area contributed by atoms with E-state index in [1.165, 1.54) is 13.2 Å². The first kappa shape index (κ1) is 29.2. The van der Waals surface area contributed by atoms with E-state index in [9.17, 15) is 0 Å². The van der Waals surface area contributed by atoms with Gasteiger partial charge >= 0.3 is 0 Å². The lowest BCUT2D eigenvalue weighted by Crippen LogP contribution is -1.93. The third-order valence-corrected chi connectivity index (χ3v) is 0. The molecule has 84 valence electrons. The van der Waals surface area contributed by atoms with Crippen LogP contribution in [0.5, 0.6) is 0 Å². The topological polar surface area (TPSA) is 0 Å². The van der Waals surface area contributed by atoms with Crippen molar-refractivity contribution in [3.63, 3.8) is 0 Å². The second-order valence-corrected chi connectivity index (χ2v) is 3.71. The Kier molecular flexibility index (Phi) is 66.6. The van der Waals surface area contributed by atoms with Gasteiger partial charge < -0.3 is 0 Å². The number of rotatable bonds is 0. The second-order valence-electron chi connectivity index (χ2n) is 3.71. The van der Waals surface area contributed by atoms with Gasteiger partial charge in [-0.05, 0) is 5.41 Å². The third kappa shape index (κ3) is 290000. The Bertz CT molecular complexity index is 28.9. The first-order valence-electron chi connectivity index (χ1n) is 4.99. The van der Waals surface area contributed by atoms with Gasteiger partial charge in [-0.15, -0.1) is 0 Å². The van der Waals surface area contributed by atoms with Crippen molar-refractivity contribution in [3.05, 3.63) is 0 Å². The highest BCUT2D eigenvalue weighted by Crippen LogP contribution is 2.07. The maximum Gasteiger partial charge on any atom is 0.0606 e. The Morgan fingerprint density at radius 1 is 0.846 bits per heavy atom. The molecule has 0 aliphatic rings. The van der Waals surface area contributed by atoms with E-state index >= 15 is 0 Å². The zero-order valence-electron chi connectivity index (χ0n) is 10.8. The number of hydrogen-bond acceptors (Lipinski definition) is 0. The normalized spacial score (nSPS) is 6.85. The number of hydrogen-bond donors (Lipinski definition) is 0. The lowest BCUT2D eigenvalue weighted by molar-refractivity contribution is 0.469. The van der Waals surface area contributed by atoms with Crippen molar-refractivity contribution in [1.82, 2.24) is 0 Å². The van der Waals surface area contributed by atoms with Crippen molar-refractivity contribution < 1.29 is 0 Å². The Hall–Kier alpha value is 0.0649. The van der Waals surface area contributed by atoms with Crippen LogP contribution in [0.1, 0.15) is 69.2 Å². The molecule has 0 aliphatic carbocycles. The molecule has 0 rings (SSSR count). The van der Waals surface area contributed by atoms with Gasteiger partial charge in [0.1, 0.15) is 0 Å². The predicted octanol–water partition coefficient (Wildman–Crippen LogP) is 5.33. The Morgan fingerprint density at radius 3 is 0.846 bits per heavy atom. The van der Waals surface area contributed by atoms with Gasteiger partial charge in [0.05, 0.1) is 7.85 Å². The SMILES string of the molecule is C.CC.CC(C)(C)C.CCC.[B]C. The van der Waals surface area contributed by atoms with Crippen molar-refractivity contribution in [1.29, 1.82) is 0 Å². The molecule has 13 heavy (non-hydrogen) atoms. The van der Waals surface area contributed by atoms with Crippen LogP contribution in [0.2, 0.25) is 6.82 Å². The van der Waals surface area contributed by atoms with Crippen LogP contribution in [-0.4, -0.2) is 7.85 Å². The summed E-state index contributed by atoms with van der Waals surface area (Å²) < 4.78 is 0. The summed E-state index contributed by atoms with van der Waals surface area (Å²) in [4.78, 5) is 0. The molecule has 0 saturated carbocycles. The van der Waals surface area contributed by atoms with Crippen molar-refractivity contribution >= 4 is 7.85 Å². The molecule has 0 unspecified atom stereocenters. The molecule has 0 heterocycles. The van der Waals surface area contributed by atoms with Gasteiger partial charge in [0.2, 0.25) is 0 Å². The molecule has 0 saturated heterocycles. The molecular formula is C12H33B. The molecule has 0 nitrogen and oxygen atoms in total. The third-order valence-electron chi connectivity index (χ3n) is 0. The maximum absolute atomic E-state index is 4.50. The molecule has 0 fully saturated rings. The van der Waals surface area contributed by atoms with E-state index in [1.54, 1.807) is 0 Å². The predicted molar refractivity (Wildman–Crippen MR) is 70.8 cm³/mol. The molecular weight excluding hydrogens is 155 g/mol. The fourth-order valence-corrected chi connectivity index (χ4v) is 0. The summed E-state index contributed by atoms with van der Waals surface area (Å²) in [5.74, 6) is 0. The maximum atomic E-state index is 4.50. The van der Waals surface area contributed by atoms with Gasteiger partial charge in [0, 0.05) is 0 Å². The summed E-state index contributed by atoms with van der Waals surface area (Å²) in [6, 6.07) is 0. The van der Waals surface area contributed by atoms with Crippen molar-refractivity contribution in [3.8, 4) is 0 Å². The molecule has 0 bridgehead atoms. The molecule has 0 aliphatic heterocycles. The monoisotopic (exact) mass is 188 g/mol. The first-order valence-corrected chi connectivity index (χ1v) is 4.99. The minimum Gasteiger partial charge on any atom is -0.0999 e. The smallest absolute Gasteiger partial charge is 0.0606 e. The second kappa shape index (κ2) is 29.6. The first-order chi connectivity index (χ1) is 5.41. The largest absolute Gasteiger partial charge is 0.0999 e. The van der Waals surface area contributed by atoms with E-state index in [0.29, 0.717) is 5.41 Å².